The van der Waals surface area contributed by atoms with Crippen LogP contribution in [-0.2, 0) is 13.1 Å². The number of hydrogen-bond acceptors (Lipinski definition) is 4. The summed E-state index contributed by atoms with van der Waals surface area (Å²) in [5, 5.41) is 0. The van der Waals surface area contributed by atoms with Gasteiger partial charge in [-0.3, -0.25) is 4.79 Å². The van der Waals surface area contributed by atoms with E-state index in [4.69, 9.17) is 10.2 Å². The number of hydrogen-bond donors (Lipinski definition) is 1. The summed E-state index contributed by atoms with van der Waals surface area (Å²) in [5.74, 6) is 0.620. The number of rotatable bonds is 2. The second-order valence-electron chi connectivity index (χ2n) is 5.28. The van der Waals surface area contributed by atoms with E-state index in [0.29, 0.717) is 31.0 Å². The molecule has 2 aromatic rings. The highest BCUT2D eigenvalue weighted by molar-refractivity contribution is 5.94. The molecule has 0 fully saturated rings. The van der Waals surface area contributed by atoms with Crippen molar-refractivity contribution in [2.24, 2.45) is 5.73 Å². The van der Waals surface area contributed by atoms with E-state index >= 15 is 0 Å². The van der Waals surface area contributed by atoms with E-state index in [1.165, 1.54) is 12.0 Å². The molecule has 0 aliphatic carbocycles. The third-order valence-corrected chi connectivity index (χ3v) is 3.86. The van der Waals surface area contributed by atoms with Crippen LogP contribution in [0.25, 0.3) is 0 Å². The summed E-state index contributed by atoms with van der Waals surface area (Å²) in [6, 6.07) is 9.91. The van der Waals surface area contributed by atoms with E-state index in [-0.39, 0.29) is 5.91 Å². The van der Waals surface area contributed by atoms with Crippen LogP contribution in [0.15, 0.2) is 41.0 Å². The zero-order valence-corrected chi connectivity index (χ0v) is 12.1. The van der Waals surface area contributed by atoms with Crippen molar-refractivity contribution >= 4 is 11.6 Å². The van der Waals surface area contributed by atoms with Crippen molar-refractivity contribution in [2.45, 2.75) is 13.1 Å². The van der Waals surface area contributed by atoms with Crippen molar-refractivity contribution in [3.8, 4) is 0 Å². The first-order valence-corrected chi connectivity index (χ1v) is 7.05. The first-order chi connectivity index (χ1) is 10.2. The standard InChI is InChI=1S/C16H19N3O2/c1-18-6-7-19(10-12-4-2-3-5-15(12)18)16(20)13-8-14(9-17)21-11-13/h2-5,8,11H,6-7,9-10,17H2,1H3. The molecule has 1 aliphatic heterocycles. The predicted octanol–water partition coefficient (Wildman–Crippen LogP) is 1.83. The Hall–Kier alpha value is -2.27. The average molecular weight is 285 g/mol. The number of amides is 1. The quantitative estimate of drug-likeness (QED) is 0.914. The van der Waals surface area contributed by atoms with Crippen molar-refractivity contribution in [3.05, 3.63) is 53.5 Å². The second kappa shape index (κ2) is 5.61. The van der Waals surface area contributed by atoms with Gasteiger partial charge in [0.05, 0.1) is 12.1 Å². The fourth-order valence-electron chi connectivity index (χ4n) is 2.65. The number of likely N-dealkylation sites (N-methyl/N-ethyl adjacent to an activating group) is 1. The second-order valence-corrected chi connectivity index (χ2v) is 5.28. The summed E-state index contributed by atoms with van der Waals surface area (Å²) in [6.07, 6.45) is 1.49. The molecule has 2 N–H and O–H groups in total. The number of furan rings is 1. The Morgan fingerprint density at radius 3 is 2.90 bits per heavy atom. The van der Waals surface area contributed by atoms with Crippen LogP contribution in [-0.4, -0.2) is 30.9 Å². The maximum absolute atomic E-state index is 12.6. The molecule has 0 saturated carbocycles. The molecule has 3 rings (SSSR count). The number of benzene rings is 1. The topological polar surface area (TPSA) is 62.7 Å². The Morgan fingerprint density at radius 2 is 2.14 bits per heavy atom. The predicted molar refractivity (Wildman–Crippen MR) is 81.1 cm³/mol. The molecule has 110 valence electrons. The first kappa shape index (κ1) is 13.7. The molecule has 0 unspecified atom stereocenters. The summed E-state index contributed by atoms with van der Waals surface area (Å²) in [4.78, 5) is 16.6. The molecule has 0 atom stereocenters. The number of carbonyl (C=O) groups excluding carboxylic acids is 1. The summed E-state index contributed by atoms with van der Waals surface area (Å²) >= 11 is 0. The third kappa shape index (κ3) is 2.64. The van der Waals surface area contributed by atoms with Crippen LogP contribution in [0, 0.1) is 0 Å². The Balaban J connectivity index is 1.85. The van der Waals surface area contributed by atoms with E-state index in [1.807, 2.05) is 17.0 Å². The fourth-order valence-corrected chi connectivity index (χ4v) is 2.65. The maximum Gasteiger partial charge on any atom is 0.257 e. The molecule has 1 aliphatic rings. The Labute approximate surface area is 123 Å². The van der Waals surface area contributed by atoms with Crippen LogP contribution in [0.4, 0.5) is 5.69 Å². The molecular weight excluding hydrogens is 266 g/mol. The maximum atomic E-state index is 12.6. The SMILES string of the molecule is CN1CCN(C(=O)c2coc(CN)c2)Cc2ccccc21. The van der Waals surface area contributed by atoms with Gasteiger partial charge in [-0.25, -0.2) is 0 Å². The van der Waals surface area contributed by atoms with Gasteiger partial charge in [0.2, 0.25) is 0 Å². The monoisotopic (exact) mass is 285 g/mol. The summed E-state index contributed by atoms with van der Waals surface area (Å²) in [5.41, 5.74) is 8.43. The van der Waals surface area contributed by atoms with Gasteiger partial charge in [-0.1, -0.05) is 18.2 Å². The van der Waals surface area contributed by atoms with Crippen LogP contribution in [0.5, 0.6) is 0 Å². The van der Waals surface area contributed by atoms with Gasteiger partial charge in [0.25, 0.3) is 5.91 Å². The number of carbonyl (C=O) groups is 1. The Kier molecular flexibility index (Phi) is 3.66. The molecule has 5 heteroatoms. The minimum Gasteiger partial charge on any atom is -0.467 e. The molecule has 1 aromatic heterocycles. The number of fused-ring (bicyclic) bond motifs is 1. The summed E-state index contributed by atoms with van der Waals surface area (Å²) in [6.45, 7) is 2.42. The zero-order valence-electron chi connectivity index (χ0n) is 12.1. The van der Waals surface area contributed by atoms with Crippen LogP contribution < -0.4 is 10.6 Å². The Bertz CT molecular complexity index is 650. The fraction of sp³-hybridized carbons (Fsp3) is 0.312. The van der Waals surface area contributed by atoms with E-state index in [9.17, 15) is 4.79 Å². The average Bonchev–Trinajstić information content (AvgIpc) is 2.93. The lowest BCUT2D eigenvalue weighted by molar-refractivity contribution is 0.0751. The molecule has 1 aromatic carbocycles. The van der Waals surface area contributed by atoms with Crippen LogP contribution in [0.2, 0.25) is 0 Å². The number of nitrogens with zero attached hydrogens (tertiary/aromatic N) is 2. The van der Waals surface area contributed by atoms with E-state index in [1.54, 1.807) is 6.07 Å². The minimum atomic E-state index is -0.0106. The van der Waals surface area contributed by atoms with E-state index < -0.39 is 0 Å². The normalized spacial score (nSPS) is 14.8. The van der Waals surface area contributed by atoms with Gasteiger partial charge < -0.3 is 20.0 Å². The number of anilines is 1. The third-order valence-electron chi connectivity index (χ3n) is 3.86. The molecule has 21 heavy (non-hydrogen) atoms. The molecular formula is C16H19N3O2. The van der Waals surface area contributed by atoms with Gasteiger partial charge >= 0.3 is 0 Å². The van der Waals surface area contributed by atoms with Gasteiger partial charge in [0.15, 0.2) is 0 Å². The number of nitrogens with two attached hydrogens (primary N) is 1. The lowest BCUT2D eigenvalue weighted by atomic mass is 10.1. The Morgan fingerprint density at radius 1 is 1.33 bits per heavy atom. The van der Waals surface area contributed by atoms with Crippen molar-refractivity contribution < 1.29 is 9.21 Å². The number of para-hydroxylation sites is 1. The highest BCUT2D eigenvalue weighted by Crippen LogP contribution is 2.24. The van der Waals surface area contributed by atoms with Crippen molar-refractivity contribution in [3.63, 3.8) is 0 Å². The van der Waals surface area contributed by atoms with Gasteiger partial charge in [0, 0.05) is 32.4 Å². The van der Waals surface area contributed by atoms with E-state index in [2.05, 4.69) is 24.1 Å². The molecule has 0 bridgehead atoms. The lowest BCUT2D eigenvalue weighted by Gasteiger charge is -2.20. The van der Waals surface area contributed by atoms with Crippen molar-refractivity contribution in [1.82, 2.24) is 4.90 Å². The highest BCUT2D eigenvalue weighted by atomic mass is 16.3. The molecule has 1 amide bonds. The first-order valence-electron chi connectivity index (χ1n) is 7.05. The van der Waals surface area contributed by atoms with Crippen molar-refractivity contribution in [1.29, 1.82) is 0 Å². The molecule has 0 radical (unpaired) electrons. The van der Waals surface area contributed by atoms with E-state index in [0.717, 1.165) is 12.1 Å². The summed E-state index contributed by atoms with van der Waals surface area (Å²) in [7, 11) is 2.05. The minimum absolute atomic E-state index is 0.0106. The summed E-state index contributed by atoms with van der Waals surface area (Å²) < 4.78 is 5.26. The van der Waals surface area contributed by atoms with Crippen LogP contribution in [0.3, 0.4) is 0 Å². The molecule has 0 spiro atoms. The van der Waals surface area contributed by atoms with Crippen LogP contribution >= 0.6 is 0 Å². The molecule has 5 nitrogen and oxygen atoms in total. The van der Waals surface area contributed by atoms with Gasteiger partial charge in [0.1, 0.15) is 12.0 Å². The van der Waals surface area contributed by atoms with Gasteiger partial charge in [-0.2, -0.15) is 0 Å². The lowest BCUT2D eigenvalue weighted by Crippen LogP contribution is -2.34. The van der Waals surface area contributed by atoms with Gasteiger partial charge in [-0.15, -0.1) is 0 Å². The highest BCUT2D eigenvalue weighted by Gasteiger charge is 2.23. The molecule has 0 saturated heterocycles. The van der Waals surface area contributed by atoms with Gasteiger partial charge in [-0.05, 0) is 17.7 Å². The van der Waals surface area contributed by atoms with Crippen molar-refractivity contribution in [2.75, 3.05) is 25.0 Å². The largest absolute Gasteiger partial charge is 0.467 e. The smallest absolute Gasteiger partial charge is 0.257 e. The molecule has 2 heterocycles. The van der Waals surface area contributed by atoms with Crippen LogP contribution in [0.1, 0.15) is 21.7 Å². The zero-order chi connectivity index (χ0) is 14.8.